The van der Waals surface area contributed by atoms with Crippen molar-refractivity contribution in [2.45, 2.75) is 83.0 Å². The van der Waals surface area contributed by atoms with Crippen LogP contribution in [0.1, 0.15) is 76.7 Å². The molecule has 0 heterocycles. The SMILES string of the molecule is CCCCCCCCCCCCSc1ccc(C)cc1N. The molecule has 0 radical (unpaired) electrons. The molecule has 2 heteroatoms. The van der Waals surface area contributed by atoms with Crippen molar-refractivity contribution in [2.75, 3.05) is 11.5 Å². The van der Waals surface area contributed by atoms with E-state index in [9.17, 15) is 0 Å². The van der Waals surface area contributed by atoms with Gasteiger partial charge in [0.15, 0.2) is 0 Å². The summed E-state index contributed by atoms with van der Waals surface area (Å²) >= 11 is 1.91. The van der Waals surface area contributed by atoms with E-state index in [0.29, 0.717) is 0 Å². The van der Waals surface area contributed by atoms with Crippen LogP contribution in [0.15, 0.2) is 23.1 Å². The van der Waals surface area contributed by atoms with Gasteiger partial charge in [-0.1, -0.05) is 70.8 Å². The minimum absolute atomic E-state index is 0.937. The highest BCUT2D eigenvalue weighted by Gasteiger charge is 2.00. The number of hydrogen-bond donors (Lipinski definition) is 1. The van der Waals surface area contributed by atoms with Crippen LogP contribution in [-0.2, 0) is 0 Å². The van der Waals surface area contributed by atoms with Gasteiger partial charge in [-0.3, -0.25) is 0 Å². The highest BCUT2D eigenvalue weighted by atomic mass is 32.2. The quantitative estimate of drug-likeness (QED) is 0.268. The van der Waals surface area contributed by atoms with E-state index in [4.69, 9.17) is 5.73 Å². The van der Waals surface area contributed by atoms with Gasteiger partial charge >= 0.3 is 0 Å². The lowest BCUT2D eigenvalue weighted by atomic mass is 10.1. The summed E-state index contributed by atoms with van der Waals surface area (Å²) in [7, 11) is 0. The van der Waals surface area contributed by atoms with Crippen molar-refractivity contribution < 1.29 is 0 Å². The van der Waals surface area contributed by atoms with Crippen molar-refractivity contribution in [1.82, 2.24) is 0 Å². The first-order valence-corrected chi connectivity index (χ1v) is 9.71. The van der Waals surface area contributed by atoms with Gasteiger partial charge < -0.3 is 5.73 Å². The molecule has 0 fully saturated rings. The largest absolute Gasteiger partial charge is 0.398 e. The monoisotopic (exact) mass is 307 g/mol. The Morgan fingerprint density at radius 1 is 0.857 bits per heavy atom. The van der Waals surface area contributed by atoms with Crippen LogP contribution in [0.4, 0.5) is 5.69 Å². The van der Waals surface area contributed by atoms with Gasteiger partial charge in [-0.05, 0) is 36.8 Å². The van der Waals surface area contributed by atoms with Gasteiger partial charge in [0.05, 0.1) is 0 Å². The summed E-state index contributed by atoms with van der Waals surface area (Å²) in [6, 6.07) is 6.38. The molecule has 0 saturated heterocycles. The van der Waals surface area contributed by atoms with E-state index in [0.717, 1.165) is 5.69 Å². The number of aryl methyl sites for hydroxylation is 1. The molecule has 1 nitrogen and oxygen atoms in total. The smallest absolute Gasteiger partial charge is 0.0454 e. The van der Waals surface area contributed by atoms with Gasteiger partial charge in [-0.2, -0.15) is 0 Å². The van der Waals surface area contributed by atoms with E-state index < -0.39 is 0 Å². The zero-order valence-corrected chi connectivity index (χ0v) is 14.8. The van der Waals surface area contributed by atoms with Crippen molar-refractivity contribution in [3.63, 3.8) is 0 Å². The fourth-order valence-corrected chi connectivity index (χ4v) is 3.53. The van der Waals surface area contributed by atoms with Crippen LogP contribution in [0.2, 0.25) is 0 Å². The molecule has 0 aliphatic carbocycles. The van der Waals surface area contributed by atoms with Crippen molar-refractivity contribution in [3.8, 4) is 0 Å². The minimum Gasteiger partial charge on any atom is -0.398 e. The van der Waals surface area contributed by atoms with Crippen LogP contribution in [0, 0.1) is 6.92 Å². The predicted octanol–water partition coefficient (Wildman–Crippen LogP) is 6.59. The lowest BCUT2D eigenvalue weighted by molar-refractivity contribution is 0.563. The summed E-state index contributed by atoms with van der Waals surface area (Å²) in [5.74, 6) is 1.20. The first kappa shape index (κ1) is 18.4. The number of benzene rings is 1. The van der Waals surface area contributed by atoms with Gasteiger partial charge in [-0.15, -0.1) is 11.8 Å². The number of anilines is 1. The molecule has 21 heavy (non-hydrogen) atoms. The van der Waals surface area contributed by atoms with Crippen LogP contribution in [-0.4, -0.2) is 5.75 Å². The standard InChI is InChI=1S/C19H33NS/c1-3-4-5-6-7-8-9-10-11-12-15-21-19-14-13-17(2)16-18(19)20/h13-14,16H,3-12,15,20H2,1-2H3. The Hall–Kier alpha value is -0.630. The van der Waals surface area contributed by atoms with Crippen LogP contribution in [0.5, 0.6) is 0 Å². The summed E-state index contributed by atoms with van der Waals surface area (Å²) in [5, 5.41) is 0. The average molecular weight is 308 g/mol. The Morgan fingerprint density at radius 2 is 1.43 bits per heavy atom. The van der Waals surface area contributed by atoms with E-state index in [1.54, 1.807) is 0 Å². The second-order valence-corrected chi connectivity index (χ2v) is 7.21. The van der Waals surface area contributed by atoms with Gasteiger partial charge in [0.25, 0.3) is 0 Å². The van der Waals surface area contributed by atoms with Crippen molar-refractivity contribution in [2.24, 2.45) is 0 Å². The van der Waals surface area contributed by atoms with Crippen molar-refractivity contribution >= 4 is 17.4 Å². The summed E-state index contributed by atoms with van der Waals surface area (Å²) in [4.78, 5) is 1.25. The van der Waals surface area contributed by atoms with E-state index >= 15 is 0 Å². The maximum Gasteiger partial charge on any atom is 0.0454 e. The Bertz CT molecular complexity index is 376. The summed E-state index contributed by atoms with van der Waals surface area (Å²) in [5.41, 5.74) is 8.21. The Kier molecular flexibility index (Phi) is 10.5. The van der Waals surface area contributed by atoms with Crippen LogP contribution < -0.4 is 5.73 Å². The van der Waals surface area contributed by atoms with E-state index in [1.165, 1.54) is 80.4 Å². The van der Waals surface area contributed by atoms with Crippen molar-refractivity contribution in [3.05, 3.63) is 23.8 Å². The van der Waals surface area contributed by atoms with Crippen LogP contribution >= 0.6 is 11.8 Å². The molecule has 0 saturated carbocycles. The number of nitrogen functional groups attached to an aromatic ring is 1. The van der Waals surface area contributed by atoms with Gasteiger partial charge in [0.1, 0.15) is 0 Å². The molecule has 2 N–H and O–H groups in total. The Balaban J connectivity index is 1.93. The lowest BCUT2D eigenvalue weighted by Crippen LogP contribution is -1.90. The zero-order valence-electron chi connectivity index (χ0n) is 14.0. The molecule has 0 bridgehead atoms. The molecule has 0 spiro atoms. The van der Waals surface area contributed by atoms with Gasteiger partial charge in [0.2, 0.25) is 0 Å². The fourth-order valence-electron chi connectivity index (χ4n) is 2.57. The molecule has 1 aromatic carbocycles. The lowest BCUT2D eigenvalue weighted by Gasteiger charge is -2.06. The molecular formula is C19H33NS. The molecular weight excluding hydrogens is 274 g/mol. The summed E-state index contributed by atoms with van der Waals surface area (Å²) < 4.78 is 0. The maximum atomic E-state index is 6.03. The topological polar surface area (TPSA) is 26.0 Å². The van der Waals surface area contributed by atoms with Gasteiger partial charge in [-0.25, -0.2) is 0 Å². The number of thioether (sulfide) groups is 1. The number of nitrogens with two attached hydrogens (primary N) is 1. The number of hydrogen-bond acceptors (Lipinski definition) is 2. The molecule has 0 amide bonds. The molecule has 0 aliphatic rings. The third kappa shape index (κ3) is 9.08. The van der Waals surface area contributed by atoms with Crippen LogP contribution in [0.3, 0.4) is 0 Å². The molecule has 0 atom stereocenters. The van der Waals surface area contributed by atoms with E-state index in [-0.39, 0.29) is 0 Å². The van der Waals surface area contributed by atoms with Gasteiger partial charge in [0, 0.05) is 10.6 Å². The molecule has 0 aromatic heterocycles. The van der Waals surface area contributed by atoms with Crippen LogP contribution in [0.25, 0.3) is 0 Å². The second-order valence-electron chi connectivity index (χ2n) is 6.07. The highest BCUT2D eigenvalue weighted by molar-refractivity contribution is 7.99. The molecule has 1 aromatic rings. The highest BCUT2D eigenvalue weighted by Crippen LogP contribution is 2.26. The Morgan fingerprint density at radius 3 is 2.00 bits per heavy atom. The Labute approximate surface area is 136 Å². The minimum atomic E-state index is 0.937. The summed E-state index contributed by atoms with van der Waals surface area (Å²) in [6.45, 7) is 4.37. The normalized spacial score (nSPS) is 11.0. The summed E-state index contributed by atoms with van der Waals surface area (Å²) in [6.07, 6.45) is 14.0. The maximum absolute atomic E-state index is 6.03. The zero-order chi connectivity index (χ0) is 15.3. The fraction of sp³-hybridized carbons (Fsp3) is 0.684. The molecule has 0 unspecified atom stereocenters. The molecule has 120 valence electrons. The number of rotatable bonds is 12. The van der Waals surface area contributed by atoms with E-state index in [2.05, 4.69) is 32.0 Å². The van der Waals surface area contributed by atoms with E-state index in [1.807, 2.05) is 11.8 Å². The first-order chi connectivity index (χ1) is 10.2. The molecule has 0 aliphatic heterocycles. The number of unbranched alkanes of at least 4 members (excludes halogenated alkanes) is 9. The second kappa shape index (κ2) is 12.0. The molecule has 1 rings (SSSR count). The average Bonchev–Trinajstić information content (AvgIpc) is 2.46. The van der Waals surface area contributed by atoms with Crippen molar-refractivity contribution in [1.29, 1.82) is 0 Å². The predicted molar refractivity (Wildman–Crippen MR) is 98.2 cm³/mol. The third-order valence-electron chi connectivity index (χ3n) is 3.92. The first-order valence-electron chi connectivity index (χ1n) is 8.73. The third-order valence-corrected chi connectivity index (χ3v) is 5.10.